The molecule has 6 aromatic rings. The van der Waals surface area contributed by atoms with Gasteiger partial charge in [-0.1, -0.05) is 68.3 Å². The van der Waals surface area contributed by atoms with E-state index in [0.29, 0.717) is 0 Å². The molecule has 6 rings (SSSR count). The van der Waals surface area contributed by atoms with E-state index in [2.05, 4.69) is 101 Å². The van der Waals surface area contributed by atoms with Gasteiger partial charge in [0, 0.05) is 68.7 Å². The molecule has 4 heterocycles. The maximum atomic E-state index is 4.85. The highest BCUT2D eigenvalue weighted by molar-refractivity contribution is 9.11. The number of benzene rings is 2. The monoisotopic (exact) mass is 878 g/mol. The van der Waals surface area contributed by atoms with Crippen LogP contribution >= 0.6 is 81.5 Å². The van der Waals surface area contributed by atoms with Crippen molar-refractivity contribution < 1.29 is 5.48 Å². The van der Waals surface area contributed by atoms with Crippen molar-refractivity contribution in [1.29, 1.82) is 0 Å². The summed E-state index contributed by atoms with van der Waals surface area (Å²) in [6.45, 7) is 3.92. The minimum Gasteiger partial charge on any atom is -0.412 e. The average molecular weight is 882 g/mol. The lowest BCUT2D eigenvalue weighted by Crippen LogP contribution is -2.15. The van der Waals surface area contributed by atoms with Crippen molar-refractivity contribution in [1.82, 2.24) is 39.3 Å². The van der Waals surface area contributed by atoms with Crippen molar-refractivity contribution in [2.75, 3.05) is 41.3 Å². The molecule has 0 spiro atoms. The molecule has 0 unspecified atom stereocenters. The summed E-state index contributed by atoms with van der Waals surface area (Å²) >= 11 is 7.25. The Kier molecular flexibility index (Phi) is 21.4. The molecule has 4 aromatic heterocycles. The third-order valence-electron chi connectivity index (χ3n) is 7.31. The van der Waals surface area contributed by atoms with Crippen LogP contribution in [-0.2, 0) is 13.1 Å². The van der Waals surface area contributed by atoms with E-state index in [1.54, 1.807) is 0 Å². The Morgan fingerprint density at radius 2 is 0.939 bits per heavy atom. The number of hydrogen-bond acceptors (Lipinski definition) is 6. The molecule has 9 nitrogen and oxygen atoms in total. The number of halogens is 6. The van der Waals surface area contributed by atoms with Gasteiger partial charge in [0.25, 0.3) is 0 Å². The summed E-state index contributed by atoms with van der Waals surface area (Å²) in [5, 5.41) is 11.9. The molecule has 2 aromatic carbocycles. The van der Waals surface area contributed by atoms with Crippen LogP contribution in [0.3, 0.4) is 0 Å². The smallest absolute Gasteiger partial charge is 0.103 e. The summed E-state index contributed by atoms with van der Waals surface area (Å²) in [5.74, 6) is 0. The van der Waals surface area contributed by atoms with Gasteiger partial charge in [0.15, 0.2) is 0 Å². The maximum absolute atomic E-state index is 4.85. The predicted molar refractivity (Wildman–Crippen MR) is 220 cm³/mol. The third-order valence-corrected chi connectivity index (χ3v) is 8.70. The average Bonchev–Trinajstić information content (AvgIpc) is 3.56. The Morgan fingerprint density at radius 1 is 0.571 bits per heavy atom. The molecular formula is C34H44Br2Cl4N8O. The number of fused-ring (bicyclic) bond motifs is 2. The fourth-order valence-corrected chi connectivity index (χ4v) is 6.11. The Balaban J connectivity index is 0.000000853. The molecule has 0 aliphatic rings. The van der Waals surface area contributed by atoms with Crippen molar-refractivity contribution in [3.05, 3.63) is 94.4 Å². The van der Waals surface area contributed by atoms with Crippen molar-refractivity contribution in [2.24, 2.45) is 0 Å². The van der Waals surface area contributed by atoms with Gasteiger partial charge in [-0.2, -0.15) is 10.2 Å². The molecule has 0 aliphatic carbocycles. The van der Waals surface area contributed by atoms with E-state index < -0.39 is 0 Å². The fraction of sp³-hybridized carbons (Fsp3) is 0.294. The molecule has 2 N–H and O–H groups in total. The van der Waals surface area contributed by atoms with Crippen molar-refractivity contribution in [3.63, 3.8) is 0 Å². The van der Waals surface area contributed by atoms with Crippen LogP contribution in [0, 0.1) is 0 Å². The first-order valence-corrected chi connectivity index (χ1v) is 16.3. The fourth-order valence-electron chi connectivity index (χ4n) is 5.16. The maximum Gasteiger partial charge on any atom is 0.103 e. The van der Waals surface area contributed by atoms with Gasteiger partial charge in [0.1, 0.15) is 11.4 Å². The van der Waals surface area contributed by atoms with E-state index in [0.717, 1.165) is 92.3 Å². The van der Waals surface area contributed by atoms with Gasteiger partial charge in [0.2, 0.25) is 0 Å². The highest BCUT2D eigenvalue weighted by Crippen LogP contribution is 2.33. The molecular weight excluding hydrogens is 838 g/mol. The second-order valence-electron chi connectivity index (χ2n) is 11.2. The molecule has 0 aliphatic heterocycles. The van der Waals surface area contributed by atoms with Crippen LogP contribution in [0.2, 0.25) is 0 Å². The van der Waals surface area contributed by atoms with Crippen molar-refractivity contribution >= 4 is 103 Å². The summed E-state index contributed by atoms with van der Waals surface area (Å²) in [6.07, 6.45) is 9.61. The second kappa shape index (κ2) is 22.5. The molecule has 0 amide bonds. The molecule has 268 valence electrons. The van der Waals surface area contributed by atoms with E-state index in [1.165, 1.54) is 0 Å². The Morgan fingerprint density at radius 3 is 1.29 bits per heavy atom. The SMILES string of the molecule is CN(C)CCCn1nc(-c2ccccc2Br)c2cnccc21.CN(C)CCCn1nc(-c2ccccc2Br)c2cnccc21.Cl.Cl.Cl.Cl.O. The zero-order valence-electron chi connectivity index (χ0n) is 27.8. The zero-order valence-corrected chi connectivity index (χ0v) is 34.2. The summed E-state index contributed by atoms with van der Waals surface area (Å²) < 4.78 is 6.29. The first kappa shape index (κ1) is 46.7. The topological polar surface area (TPSA) is 99.4 Å². The lowest BCUT2D eigenvalue weighted by atomic mass is 10.1. The van der Waals surface area contributed by atoms with E-state index in [-0.39, 0.29) is 55.1 Å². The summed E-state index contributed by atoms with van der Waals surface area (Å²) in [7, 11) is 8.38. The Labute approximate surface area is 330 Å². The molecule has 15 heteroatoms. The van der Waals surface area contributed by atoms with Gasteiger partial charge >= 0.3 is 0 Å². The summed E-state index contributed by atoms with van der Waals surface area (Å²) in [6, 6.07) is 20.4. The standard InChI is InChI=1S/2C17H19BrN4.4ClH.H2O/c2*1-21(2)10-5-11-22-16-8-9-19-12-14(16)17(20-22)13-6-3-4-7-15(13)18;;;;;/h2*3-4,6-9,12H,5,10-11H2,1-2H3;4*1H;1H2. The molecule has 49 heavy (non-hydrogen) atoms. The predicted octanol–water partition coefficient (Wildman–Crippen LogP) is 8.49. The largest absolute Gasteiger partial charge is 0.412 e. The Hall–Kier alpha value is -2.32. The minimum atomic E-state index is 0. The van der Waals surface area contributed by atoms with Crippen molar-refractivity contribution in [2.45, 2.75) is 25.9 Å². The normalized spacial score (nSPS) is 10.3. The molecule has 0 bridgehead atoms. The van der Waals surface area contributed by atoms with E-state index in [1.807, 2.05) is 73.3 Å². The first-order valence-electron chi connectivity index (χ1n) is 14.7. The van der Waals surface area contributed by atoms with Crippen LogP contribution in [0.1, 0.15) is 12.8 Å². The third kappa shape index (κ3) is 11.9. The van der Waals surface area contributed by atoms with Crippen LogP contribution in [-0.4, -0.2) is 86.1 Å². The van der Waals surface area contributed by atoms with Gasteiger partial charge in [-0.15, -0.1) is 49.6 Å². The number of aryl methyl sites for hydroxylation is 2. The zero-order chi connectivity index (χ0) is 31.1. The lowest BCUT2D eigenvalue weighted by molar-refractivity contribution is 0.383. The highest BCUT2D eigenvalue weighted by atomic mass is 79.9. The summed E-state index contributed by atoms with van der Waals surface area (Å²) in [5.41, 5.74) is 6.46. The molecule has 0 atom stereocenters. The van der Waals surface area contributed by atoms with Gasteiger partial charge in [-0.05, 0) is 78.4 Å². The van der Waals surface area contributed by atoms with Gasteiger partial charge in [-0.3, -0.25) is 19.3 Å². The van der Waals surface area contributed by atoms with E-state index >= 15 is 0 Å². The van der Waals surface area contributed by atoms with Crippen LogP contribution < -0.4 is 0 Å². The van der Waals surface area contributed by atoms with Gasteiger partial charge in [0.05, 0.1) is 11.0 Å². The quantitative estimate of drug-likeness (QED) is 0.137. The number of nitrogens with zero attached hydrogens (tertiary/aromatic N) is 8. The number of hydrogen-bond donors (Lipinski definition) is 0. The van der Waals surface area contributed by atoms with Crippen LogP contribution in [0.15, 0.2) is 94.4 Å². The second-order valence-corrected chi connectivity index (χ2v) is 12.9. The van der Waals surface area contributed by atoms with Crippen LogP contribution in [0.5, 0.6) is 0 Å². The molecule has 0 saturated heterocycles. The minimum absolute atomic E-state index is 0. The first-order chi connectivity index (χ1) is 21.3. The van der Waals surface area contributed by atoms with E-state index in [4.69, 9.17) is 10.2 Å². The number of aromatic nitrogens is 6. The molecule has 0 saturated carbocycles. The molecule has 0 fully saturated rings. The molecule has 0 radical (unpaired) electrons. The van der Waals surface area contributed by atoms with Crippen molar-refractivity contribution in [3.8, 4) is 22.5 Å². The lowest BCUT2D eigenvalue weighted by Gasteiger charge is -2.09. The van der Waals surface area contributed by atoms with Crippen LogP contribution in [0.4, 0.5) is 0 Å². The highest BCUT2D eigenvalue weighted by Gasteiger charge is 2.15. The summed E-state index contributed by atoms with van der Waals surface area (Å²) in [4.78, 5) is 12.9. The number of pyridine rings is 2. The Bertz CT molecular complexity index is 1720. The number of rotatable bonds is 10. The van der Waals surface area contributed by atoms with Gasteiger partial charge < -0.3 is 15.3 Å². The van der Waals surface area contributed by atoms with Crippen LogP contribution in [0.25, 0.3) is 44.3 Å². The van der Waals surface area contributed by atoms with E-state index in [9.17, 15) is 0 Å². The van der Waals surface area contributed by atoms with Gasteiger partial charge in [-0.25, -0.2) is 0 Å².